The predicted molar refractivity (Wildman–Crippen MR) is 28.7 cm³/mol. The topological polar surface area (TPSA) is 46.6 Å². The zero-order valence-electron chi connectivity index (χ0n) is 5.09. The lowest BCUT2D eigenvalue weighted by Crippen LogP contribution is -2.38. The summed E-state index contributed by atoms with van der Waals surface area (Å²) in [5.41, 5.74) is 0. The van der Waals surface area contributed by atoms with Crippen molar-refractivity contribution in [1.82, 2.24) is 4.90 Å². The molecule has 4 nitrogen and oxygen atoms in total. The van der Waals surface area contributed by atoms with Gasteiger partial charge in [0.2, 0.25) is 5.91 Å². The third-order valence-electron chi connectivity index (χ3n) is 1.19. The Balaban J connectivity index is 2.62. The van der Waals surface area contributed by atoms with Crippen LogP contribution < -0.4 is 0 Å². The molecule has 4 heteroatoms. The molecule has 0 aromatic rings. The molecule has 1 fully saturated rings. The van der Waals surface area contributed by atoms with Crippen LogP contribution in [0.4, 0.5) is 4.79 Å². The second-order valence-corrected chi connectivity index (χ2v) is 1.82. The van der Waals surface area contributed by atoms with Crippen molar-refractivity contribution in [2.24, 2.45) is 0 Å². The minimum atomic E-state index is -0.550. The number of amides is 2. The second-order valence-electron chi connectivity index (χ2n) is 1.82. The van der Waals surface area contributed by atoms with E-state index in [0.29, 0.717) is 6.42 Å². The van der Waals surface area contributed by atoms with Gasteiger partial charge in [-0.1, -0.05) is 0 Å². The Kier molecular flexibility index (Phi) is 1.38. The fraction of sp³-hybridized carbons (Fsp3) is 0.600. The number of carbonyl (C=O) groups excluding carboxylic acids is 2. The quantitative estimate of drug-likeness (QED) is 0.462. The number of rotatable bonds is 0. The van der Waals surface area contributed by atoms with Crippen LogP contribution in [0.25, 0.3) is 0 Å². The van der Waals surface area contributed by atoms with E-state index in [1.807, 2.05) is 0 Å². The van der Waals surface area contributed by atoms with Gasteiger partial charge in [0.1, 0.15) is 6.61 Å². The lowest BCUT2D eigenvalue weighted by atomic mass is 10.4. The highest BCUT2D eigenvalue weighted by Crippen LogP contribution is 2.01. The summed E-state index contributed by atoms with van der Waals surface area (Å²) in [5.74, 6) is -0.175. The summed E-state index contributed by atoms with van der Waals surface area (Å²) in [4.78, 5) is 22.1. The highest BCUT2D eigenvalue weighted by molar-refractivity contribution is 5.93. The van der Waals surface area contributed by atoms with Gasteiger partial charge < -0.3 is 4.74 Å². The molecule has 1 heterocycles. The Morgan fingerprint density at radius 3 is 2.67 bits per heavy atom. The Morgan fingerprint density at radius 1 is 1.56 bits per heavy atom. The molecule has 0 aromatic heterocycles. The van der Waals surface area contributed by atoms with Crippen molar-refractivity contribution in [2.75, 3.05) is 13.7 Å². The molecule has 1 aliphatic heterocycles. The molecule has 0 radical (unpaired) electrons. The molecule has 9 heavy (non-hydrogen) atoms. The normalized spacial score (nSPS) is 19.9. The number of nitrogens with zero attached hydrogens (tertiary/aromatic N) is 1. The zero-order chi connectivity index (χ0) is 6.85. The largest absolute Gasteiger partial charge is 0.449 e. The molecule has 1 aliphatic rings. The van der Waals surface area contributed by atoms with Crippen LogP contribution in [0.1, 0.15) is 6.42 Å². The Labute approximate surface area is 52.4 Å². The second kappa shape index (κ2) is 2.05. The van der Waals surface area contributed by atoms with Crippen LogP contribution in [0.2, 0.25) is 0 Å². The Morgan fingerprint density at radius 2 is 2.22 bits per heavy atom. The summed E-state index contributed by atoms with van der Waals surface area (Å²) >= 11 is 0. The summed E-state index contributed by atoms with van der Waals surface area (Å²) in [7, 11) is 1.41. The van der Waals surface area contributed by atoms with E-state index in [9.17, 15) is 9.59 Å². The summed E-state index contributed by atoms with van der Waals surface area (Å²) < 4.78 is 4.53. The first-order chi connectivity index (χ1) is 4.22. The highest BCUT2D eigenvalue weighted by Gasteiger charge is 2.22. The van der Waals surface area contributed by atoms with Crippen LogP contribution in [-0.4, -0.2) is 30.6 Å². The molecule has 0 spiro atoms. The third kappa shape index (κ3) is 1.01. The third-order valence-corrected chi connectivity index (χ3v) is 1.19. The van der Waals surface area contributed by atoms with Gasteiger partial charge in [0, 0.05) is 7.05 Å². The lowest BCUT2D eigenvalue weighted by Gasteiger charge is -2.19. The van der Waals surface area contributed by atoms with E-state index in [4.69, 9.17) is 0 Å². The summed E-state index contributed by atoms with van der Waals surface area (Å²) in [6.07, 6.45) is -0.242. The monoisotopic (exact) mass is 129 g/mol. The van der Waals surface area contributed by atoms with E-state index in [1.54, 1.807) is 0 Å². The molecule has 0 bridgehead atoms. The first-order valence-corrected chi connectivity index (χ1v) is 2.65. The van der Waals surface area contributed by atoms with E-state index in [1.165, 1.54) is 7.05 Å². The van der Waals surface area contributed by atoms with Crippen molar-refractivity contribution in [2.45, 2.75) is 6.42 Å². The standard InChI is InChI=1S/C5H7NO3/c1-6-4(7)2-3-9-5(6)8/h2-3H2,1H3. The SMILES string of the molecule is CN1C(=O)CCOC1=O. The Hall–Kier alpha value is -1.06. The molecule has 0 unspecified atom stereocenters. The molecule has 0 aliphatic carbocycles. The molecule has 2 amide bonds. The first kappa shape index (κ1) is 6.07. The maximum absolute atomic E-state index is 10.6. The average Bonchev–Trinajstić information content (AvgIpc) is 1.83. The number of carbonyl (C=O) groups is 2. The molecule has 0 atom stereocenters. The number of ether oxygens (including phenoxy) is 1. The maximum Gasteiger partial charge on any atom is 0.416 e. The van der Waals surface area contributed by atoms with Gasteiger partial charge in [-0.25, -0.2) is 4.79 Å². The van der Waals surface area contributed by atoms with Crippen molar-refractivity contribution in [3.05, 3.63) is 0 Å². The predicted octanol–water partition coefficient (Wildman–Crippen LogP) is -0.0149. The minimum absolute atomic E-state index is 0.175. The van der Waals surface area contributed by atoms with E-state index >= 15 is 0 Å². The Bertz CT molecular complexity index is 138. The molecule has 50 valence electrons. The summed E-state index contributed by atoms with van der Waals surface area (Å²) in [6.45, 7) is 0.224. The summed E-state index contributed by atoms with van der Waals surface area (Å²) in [6, 6.07) is 0. The van der Waals surface area contributed by atoms with Crippen molar-refractivity contribution in [3.63, 3.8) is 0 Å². The van der Waals surface area contributed by atoms with Crippen molar-refractivity contribution < 1.29 is 14.3 Å². The molecular formula is C5H7NO3. The van der Waals surface area contributed by atoms with Crippen LogP contribution in [-0.2, 0) is 9.53 Å². The molecule has 0 saturated carbocycles. The fourth-order valence-electron chi connectivity index (χ4n) is 0.592. The van der Waals surface area contributed by atoms with Gasteiger partial charge in [0.15, 0.2) is 0 Å². The number of cyclic esters (lactones) is 1. The van der Waals surface area contributed by atoms with Gasteiger partial charge in [-0.3, -0.25) is 9.69 Å². The zero-order valence-corrected chi connectivity index (χ0v) is 5.09. The average molecular weight is 129 g/mol. The summed E-state index contributed by atoms with van der Waals surface area (Å²) in [5, 5.41) is 0. The molecule has 1 saturated heterocycles. The number of imide groups is 1. The van der Waals surface area contributed by atoms with Gasteiger partial charge in [-0.05, 0) is 0 Å². The van der Waals surface area contributed by atoms with Crippen LogP contribution in [0.3, 0.4) is 0 Å². The van der Waals surface area contributed by atoms with E-state index < -0.39 is 6.09 Å². The molecule has 1 rings (SSSR count). The van der Waals surface area contributed by atoms with Gasteiger partial charge >= 0.3 is 6.09 Å². The van der Waals surface area contributed by atoms with Gasteiger partial charge in [0.25, 0.3) is 0 Å². The fourth-order valence-corrected chi connectivity index (χ4v) is 0.592. The van der Waals surface area contributed by atoms with Gasteiger partial charge in [-0.15, -0.1) is 0 Å². The van der Waals surface area contributed by atoms with Crippen molar-refractivity contribution in [1.29, 1.82) is 0 Å². The molecule has 0 N–H and O–H groups in total. The lowest BCUT2D eigenvalue weighted by molar-refractivity contribution is -0.132. The van der Waals surface area contributed by atoms with Crippen molar-refractivity contribution in [3.8, 4) is 0 Å². The molecular weight excluding hydrogens is 122 g/mol. The van der Waals surface area contributed by atoms with Gasteiger partial charge in [-0.2, -0.15) is 0 Å². The minimum Gasteiger partial charge on any atom is -0.449 e. The van der Waals surface area contributed by atoms with E-state index in [-0.39, 0.29) is 12.5 Å². The van der Waals surface area contributed by atoms with Crippen LogP contribution >= 0.6 is 0 Å². The van der Waals surface area contributed by atoms with Gasteiger partial charge in [0.05, 0.1) is 6.42 Å². The van der Waals surface area contributed by atoms with Crippen LogP contribution in [0.5, 0.6) is 0 Å². The maximum atomic E-state index is 10.6. The van der Waals surface area contributed by atoms with Crippen LogP contribution in [0, 0.1) is 0 Å². The van der Waals surface area contributed by atoms with E-state index in [0.717, 1.165) is 4.90 Å². The number of hydrogen-bond acceptors (Lipinski definition) is 3. The van der Waals surface area contributed by atoms with E-state index in [2.05, 4.69) is 4.74 Å². The highest BCUT2D eigenvalue weighted by atomic mass is 16.6. The number of hydrogen-bond donors (Lipinski definition) is 0. The van der Waals surface area contributed by atoms with Crippen LogP contribution in [0.15, 0.2) is 0 Å². The van der Waals surface area contributed by atoms with Crippen molar-refractivity contribution >= 4 is 12.0 Å². The smallest absolute Gasteiger partial charge is 0.416 e. The first-order valence-electron chi connectivity index (χ1n) is 2.65. The molecule has 0 aromatic carbocycles.